The van der Waals surface area contributed by atoms with E-state index in [-0.39, 0.29) is 5.91 Å². The van der Waals surface area contributed by atoms with Crippen LogP contribution < -0.4 is 5.32 Å². The van der Waals surface area contributed by atoms with Gasteiger partial charge < -0.3 is 19.7 Å². The van der Waals surface area contributed by atoms with Crippen molar-refractivity contribution in [3.63, 3.8) is 0 Å². The summed E-state index contributed by atoms with van der Waals surface area (Å²) in [6.07, 6.45) is 1.64. The standard InChI is InChI=1S/C13H21N3O3/c1-14-11-4-5-12(15-10-11)13(17)16(6-8-18-2)7-9-19-3/h4-5,10,14H,6-9H2,1-3H3. The molecule has 1 rings (SSSR count). The maximum Gasteiger partial charge on any atom is 0.272 e. The van der Waals surface area contributed by atoms with E-state index in [1.54, 1.807) is 31.4 Å². The van der Waals surface area contributed by atoms with Crippen LogP contribution in [0, 0.1) is 0 Å². The summed E-state index contributed by atoms with van der Waals surface area (Å²) < 4.78 is 10.0. The average Bonchev–Trinajstić information content (AvgIpc) is 2.47. The number of pyridine rings is 1. The summed E-state index contributed by atoms with van der Waals surface area (Å²) in [4.78, 5) is 18.1. The second-order valence-electron chi connectivity index (χ2n) is 3.96. The Morgan fingerprint density at radius 1 is 1.26 bits per heavy atom. The summed E-state index contributed by atoms with van der Waals surface area (Å²) in [7, 11) is 5.03. The van der Waals surface area contributed by atoms with E-state index in [4.69, 9.17) is 9.47 Å². The average molecular weight is 267 g/mol. The van der Waals surface area contributed by atoms with Crippen molar-refractivity contribution in [1.82, 2.24) is 9.88 Å². The Balaban J connectivity index is 2.72. The third kappa shape index (κ3) is 4.84. The summed E-state index contributed by atoms with van der Waals surface area (Å²) in [5.41, 5.74) is 1.29. The molecule has 1 aromatic heterocycles. The zero-order valence-electron chi connectivity index (χ0n) is 11.7. The first-order valence-corrected chi connectivity index (χ1v) is 6.14. The highest BCUT2D eigenvalue weighted by Gasteiger charge is 2.16. The van der Waals surface area contributed by atoms with Gasteiger partial charge in [-0.05, 0) is 12.1 Å². The topological polar surface area (TPSA) is 63.7 Å². The Bertz CT molecular complexity index is 373. The van der Waals surface area contributed by atoms with Crippen molar-refractivity contribution < 1.29 is 14.3 Å². The van der Waals surface area contributed by atoms with E-state index >= 15 is 0 Å². The number of nitrogens with zero attached hydrogens (tertiary/aromatic N) is 2. The monoisotopic (exact) mass is 267 g/mol. The molecule has 0 aromatic carbocycles. The minimum absolute atomic E-state index is 0.114. The SMILES string of the molecule is CNc1ccc(C(=O)N(CCOC)CCOC)nc1. The normalized spacial score (nSPS) is 10.3. The third-order valence-electron chi connectivity index (χ3n) is 2.69. The Morgan fingerprint density at radius 3 is 2.32 bits per heavy atom. The van der Waals surface area contributed by atoms with Crippen LogP contribution in [0.25, 0.3) is 0 Å². The van der Waals surface area contributed by atoms with Crippen molar-refractivity contribution in [1.29, 1.82) is 0 Å². The van der Waals surface area contributed by atoms with Crippen molar-refractivity contribution in [2.45, 2.75) is 0 Å². The van der Waals surface area contributed by atoms with Crippen LogP contribution >= 0.6 is 0 Å². The number of aromatic nitrogens is 1. The van der Waals surface area contributed by atoms with Crippen LogP contribution in [-0.4, -0.2) is 63.4 Å². The predicted octanol–water partition coefficient (Wildman–Crippen LogP) is 0.858. The Hall–Kier alpha value is -1.66. The second-order valence-corrected chi connectivity index (χ2v) is 3.96. The fourth-order valence-corrected chi connectivity index (χ4v) is 1.55. The second kappa shape index (κ2) is 8.44. The lowest BCUT2D eigenvalue weighted by Crippen LogP contribution is -2.36. The van der Waals surface area contributed by atoms with E-state index in [0.29, 0.717) is 32.0 Å². The van der Waals surface area contributed by atoms with E-state index in [1.807, 2.05) is 13.1 Å². The molecule has 0 spiro atoms. The van der Waals surface area contributed by atoms with Crippen molar-refractivity contribution in [3.05, 3.63) is 24.0 Å². The van der Waals surface area contributed by atoms with Gasteiger partial charge in [0.15, 0.2) is 0 Å². The number of nitrogens with one attached hydrogen (secondary N) is 1. The van der Waals surface area contributed by atoms with Crippen LogP contribution in [0.2, 0.25) is 0 Å². The summed E-state index contributed by atoms with van der Waals surface area (Å²) >= 11 is 0. The summed E-state index contributed by atoms with van der Waals surface area (Å²) in [6, 6.07) is 3.53. The molecule has 1 aromatic rings. The minimum atomic E-state index is -0.114. The number of ether oxygens (including phenoxy) is 2. The quantitative estimate of drug-likeness (QED) is 0.757. The molecule has 1 heterocycles. The van der Waals surface area contributed by atoms with Gasteiger partial charge in [0, 0.05) is 34.4 Å². The molecule has 0 aliphatic carbocycles. The van der Waals surface area contributed by atoms with Crippen molar-refractivity contribution in [3.8, 4) is 0 Å². The Morgan fingerprint density at radius 2 is 1.89 bits per heavy atom. The maximum absolute atomic E-state index is 12.3. The van der Waals surface area contributed by atoms with Gasteiger partial charge in [0.2, 0.25) is 0 Å². The first-order chi connectivity index (χ1) is 9.22. The molecule has 0 unspecified atom stereocenters. The fourth-order valence-electron chi connectivity index (χ4n) is 1.55. The molecule has 0 saturated heterocycles. The zero-order valence-corrected chi connectivity index (χ0v) is 11.7. The molecule has 0 fully saturated rings. The van der Waals surface area contributed by atoms with Crippen LogP contribution in [0.1, 0.15) is 10.5 Å². The molecule has 1 amide bonds. The molecular formula is C13H21N3O3. The highest BCUT2D eigenvalue weighted by molar-refractivity contribution is 5.92. The van der Waals surface area contributed by atoms with Crippen LogP contribution in [0.15, 0.2) is 18.3 Å². The number of hydrogen-bond donors (Lipinski definition) is 1. The Kier molecular flexibility index (Phi) is 6.84. The van der Waals surface area contributed by atoms with Gasteiger partial charge in [-0.15, -0.1) is 0 Å². The molecule has 0 aliphatic rings. The summed E-state index contributed by atoms with van der Waals surface area (Å²) in [6.45, 7) is 2.02. The van der Waals surface area contributed by atoms with Gasteiger partial charge in [-0.1, -0.05) is 0 Å². The number of anilines is 1. The number of methoxy groups -OCH3 is 2. The van der Waals surface area contributed by atoms with Crippen LogP contribution in [0.5, 0.6) is 0 Å². The molecule has 19 heavy (non-hydrogen) atoms. The van der Waals surface area contributed by atoms with E-state index in [9.17, 15) is 4.79 Å². The van der Waals surface area contributed by atoms with Gasteiger partial charge >= 0.3 is 0 Å². The van der Waals surface area contributed by atoms with E-state index in [1.165, 1.54) is 0 Å². The van der Waals surface area contributed by atoms with Crippen LogP contribution in [0.3, 0.4) is 0 Å². The Labute approximate surface area is 113 Å². The van der Waals surface area contributed by atoms with Gasteiger partial charge in [-0.3, -0.25) is 4.79 Å². The molecule has 0 atom stereocenters. The van der Waals surface area contributed by atoms with Crippen molar-refractivity contribution >= 4 is 11.6 Å². The smallest absolute Gasteiger partial charge is 0.272 e. The van der Waals surface area contributed by atoms with Crippen LogP contribution in [0.4, 0.5) is 5.69 Å². The number of carbonyl (C=O) groups is 1. The highest BCUT2D eigenvalue weighted by Crippen LogP contribution is 2.07. The number of amides is 1. The zero-order chi connectivity index (χ0) is 14.1. The number of rotatable bonds is 8. The van der Waals surface area contributed by atoms with E-state index < -0.39 is 0 Å². The highest BCUT2D eigenvalue weighted by atomic mass is 16.5. The van der Waals surface area contributed by atoms with Crippen LogP contribution in [-0.2, 0) is 9.47 Å². The summed E-state index contributed by atoms with van der Waals surface area (Å²) in [5, 5.41) is 2.96. The number of carbonyl (C=O) groups excluding carboxylic acids is 1. The fraction of sp³-hybridized carbons (Fsp3) is 0.538. The first-order valence-electron chi connectivity index (χ1n) is 6.14. The van der Waals surface area contributed by atoms with Crippen molar-refractivity contribution in [2.24, 2.45) is 0 Å². The lowest BCUT2D eigenvalue weighted by Gasteiger charge is -2.21. The molecular weight excluding hydrogens is 246 g/mol. The van der Waals surface area contributed by atoms with Gasteiger partial charge in [-0.25, -0.2) is 4.98 Å². The maximum atomic E-state index is 12.3. The van der Waals surface area contributed by atoms with Gasteiger partial charge in [-0.2, -0.15) is 0 Å². The van der Waals surface area contributed by atoms with E-state index in [0.717, 1.165) is 5.69 Å². The summed E-state index contributed by atoms with van der Waals surface area (Å²) in [5.74, 6) is -0.114. The molecule has 6 nitrogen and oxygen atoms in total. The number of hydrogen-bond acceptors (Lipinski definition) is 5. The molecule has 1 N–H and O–H groups in total. The molecule has 0 bridgehead atoms. The lowest BCUT2D eigenvalue weighted by molar-refractivity contribution is 0.0622. The lowest BCUT2D eigenvalue weighted by atomic mass is 10.3. The third-order valence-corrected chi connectivity index (χ3v) is 2.69. The molecule has 6 heteroatoms. The molecule has 0 radical (unpaired) electrons. The van der Waals surface area contributed by atoms with Gasteiger partial charge in [0.1, 0.15) is 5.69 Å². The molecule has 0 aliphatic heterocycles. The molecule has 0 saturated carbocycles. The van der Waals surface area contributed by atoms with Crippen molar-refractivity contribution in [2.75, 3.05) is 52.9 Å². The largest absolute Gasteiger partial charge is 0.387 e. The van der Waals surface area contributed by atoms with E-state index in [2.05, 4.69) is 10.3 Å². The first kappa shape index (κ1) is 15.4. The van der Waals surface area contributed by atoms with Gasteiger partial charge in [0.25, 0.3) is 5.91 Å². The predicted molar refractivity (Wildman–Crippen MR) is 73.4 cm³/mol. The minimum Gasteiger partial charge on any atom is -0.387 e. The molecule has 106 valence electrons. The van der Waals surface area contributed by atoms with Gasteiger partial charge in [0.05, 0.1) is 25.1 Å².